The van der Waals surface area contributed by atoms with Crippen LogP contribution in [0.15, 0.2) is 24.3 Å². The summed E-state index contributed by atoms with van der Waals surface area (Å²) in [6, 6.07) is 0. The van der Waals surface area contributed by atoms with Gasteiger partial charge in [-0.15, -0.1) is 0 Å². The van der Waals surface area contributed by atoms with E-state index in [4.69, 9.17) is 0 Å². The molecule has 0 aliphatic heterocycles. The molecular formula is C8H9FOS. The molecule has 0 bridgehead atoms. The number of halogens is 1. The molecule has 3 heteroatoms. The zero-order valence-electron chi connectivity index (χ0n) is 6.16. The molecule has 0 saturated carbocycles. The lowest BCUT2D eigenvalue weighted by Crippen LogP contribution is -2.35. The molecule has 0 spiro atoms. The van der Waals surface area contributed by atoms with Gasteiger partial charge in [-0.1, -0.05) is 18.2 Å². The van der Waals surface area contributed by atoms with E-state index in [9.17, 15) is 9.18 Å². The van der Waals surface area contributed by atoms with E-state index in [1.54, 1.807) is 24.5 Å². The fourth-order valence-electron chi connectivity index (χ4n) is 0.976. The lowest BCUT2D eigenvalue weighted by Gasteiger charge is -2.23. The van der Waals surface area contributed by atoms with Gasteiger partial charge in [-0.25, -0.2) is 4.39 Å². The van der Waals surface area contributed by atoms with E-state index in [0.717, 1.165) is 0 Å². The van der Waals surface area contributed by atoms with Crippen molar-refractivity contribution < 1.29 is 9.18 Å². The standard InChI is InChI=1S/C8H9FOS/c1-11-7-4-2-3-5-8(7,9)6-10/h2-7H,1H3. The zero-order valence-corrected chi connectivity index (χ0v) is 6.98. The molecular weight excluding hydrogens is 163 g/mol. The van der Waals surface area contributed by atoms with E-state index in [-0.39, 0.29) is 5.25 Å². The smallest absolute Gasteiger partial charge is 0.199 e. The number of aldehydes is 1. The average Bonchev–Trinajstić information content (AvgIpc) is 2.05. The topological polar surface area (TPSA) is 17.1 Å². The first-order valence-electron chi connectivity index (χ1n) is 3.27. The van der Waals surface area contributed by atoms with E-state index >= 15 is 0 Å². The summed E-state index contributed by atoms with van der Waals surface area (Å²) in [7, 11) is 0. The lowest BCUT2D eigenvalue weighted by atomic mass is 9.99. The lowest BCUT2D eigenvalue weighted by molar-refractivity contribution is -0.115. The molecule has 0 aromatic carbocycles. The van der Waals surface area contributed by atoms with Crippen LogP contribution in [0.4, 0.5) is 4.39 Å². The van der Waals surface area contributed by atoms with Gasteiger partial charge in [0.1, 0.15) is 0 Å². The number of thioether (sulfide) groups is 1. The molecule has 2 atom stereocenters. The van der Waals surface area contributed by atoms with Gasteiger partial charge in [-0.3, -0.25) is 4.79 Å². The Morgan fingerprint density at radius 1 is 1.64 bits per heavy atom. The summed E-state index contributed by atoms with van der Waals surface area (Å²) < 4.78 is 13.4. The molecule has 0 saturated heterocycles. The maximum atomic E-state index is 13.4. The molecule has 11 heavy (non-hydrogen) atoms. The summed E-state index contributed by atoms with van der Waals surface area (Å²) in [6.07, 6.45) is 8.43. The molecule has 0 amide bonds. The van der Waals surface area contributed by atoms with Gasteiger partial charge in [0, 0.05) is 0 Å². The van der Waals surface area contributed by atoms with Crippen LogP contribution in [0.1, 0.15) is 0 Å². The monoisotopic (exact) mass is 172 g/mol. The first kappa shape index (κ1) is 8.53. The van der Waals surface area contributed by atoms with Crippen LogP contribution in [0.3, 0.4) is 0 Å². The maximum absolute atomic E-state index is 13.4. The van der Waals surface area contributed by atoms with Crippen LogP contribution in [0.2, 0.25) is 0 Å². The van der Waals surface area contributed by atoms with Crippen LogP contribution in [0.25, 0.3) is 0 Å². The fraction of sp³-hybridized carbons (Fsp3) is 0.375. The molecule has 2 unspecified atom stereocenters. The Morgan fingerprint density at radius 2 is 2.36 bits per heavy atom. The van der Waals surface area contributed by atoms with E-state index in [1.807, 2.05) is 0 Å². The van der Waals surface area contributed by atoms with Crippen molar-refractivity contribution in [3.8, 4) is 0 Å². The Balaban J connectivity index is 2.86. The normalized spacial score (nSPS) is 35.6. The first-order chi connectivity index (χ1) is 5.23. The van der Waals surface area contributed by atoms with E-state index in [2.05, 4.69) is 0 Å². The highest BCUT2D eigenvalue weighted by Gasteiger charge is 2.35. The highest BCUT2D eigenvalue weighted by atomic mass is 32.2. The summed E-state index contributed by atoms with van der Waals surface area (Å²) >= 11 is 1.33. The van der Waals surface area contributed by atoms with Crippen molar-refractivity contribution in [1.82, 2.24) is 0 Å². The fourth-order valence-corrected chi connectivity index (χ4v) is 1.72. The molecule has 1 aliphatic carbocycles. The van der Waals surface area contributed by atoms with Crippen LogP contribution >= 0.6 is 11.8 Å². The van der Waals surface area contributed by atoms with Crippen molar-refractivity contribution >= 4 is 18.0 Å². The van der Waals surface area contributed by atoms with Crippen molar-refractivity contribution in [1.29, 1.82) is 0 Å². The third-order valence-electron chi connectivity index (χ3n) is 1.62. The van der Waals surface area contributed by atoms with Gasteiger partial charge in [0.15, 0.2) is 12.0 Å². The Morgan fingerprint density at radius 3 is 2.82 bits per heavy atom. The van der Waals surface area contributed by atoms with Crippen LogP contribution in [0.5, 0.6) is 0 Å². The van der Waals surface area contributed by atoms with Crippen LogP contribution in [-0.4, -0.2) is 23.5 Å². The van der Waals surface area contributed by atoms with Crippen LogP contribution in [-0.2, 0) is 4.79 Å². The number of hydrogen-bond donors (Lipinski definition) is 0. The molecule has 0 aromatic heterocycles. The third-order valence-corrected chi connectivity index (χ3v) is 2.65. The first-order valence-corrected chi connectivity index (χ1v) is 4.56. The molecule has 0 fully saturated rings. The average molecular weight is 172 g/mol. The highest BCUT2D eigenvalue weighted by Crippen LogP contribution is 2.29. The predicted octanol–water partition coefficient (Wildman–Crippen LogP) is 1.75. The number of alkyl halides is 1. The number of allylic oxidation sites excluding steroid dienone is 3. The van der Waals surface area contributed by atoms with Crippen molar-refractivity contribution in [2.75, 3.05) is 6.26 Å². The molecule has 0 heterocycles. The van der Waals surface area contributed by atoms with Gasteiger partial charge in [0.05, 0.1) is 5.25 Å². The highest BCUT2D eigenvalue weighted by molar-refractivity contribution is 7.99. The Kier molecular flexibility index (Phi) is 2.49. The van der Waals surface area contributed by atoms with Crippen LogP contribution in [0, 0.1) is 0 Å². The predicted molar refractivity (Wildman–Crippen MR) is 45.5 cm³/mol. The molecule has 1 aliphatic rings. The second-order valence-electron chi connectivity index (χ2n) is 2.35. The minimum absolute atomic E-state index is 0.355. The van der Waals surface area contributed by atoms with Gasteiger partial charge in [-0.05, 0) is 12.3 Å². The summed E-state index contributed by atoms with van der Waals surface area (Å²) in [6.45, 7) is 0. The zero-order chi connectivity index (χ0) is 8.32. The van der Waals surface area contributed by atoms with Crippen molar-refractivity contribution in [3.05, 3.63) is 24.3 Å². The van der Waals surface area contributed by atoms with Crippen molar-refractivity contribution in [2.45, 2.75) is 10.9 Å². The van der Waals surface area contributed by atoms with Gasteiger partial charge < -0.3 is 0 Å². The third kappa shape index (κ3) is 1.53. The van der Waals surface area contributed by atoms with E-state index in [0.29, 0.717) is 6.29 Å². The minimum atomic E-state index is -1.80. The Bertz CT molecular complexity index is 212. The molecule has 0 N–H and O–H groups in total. The summed E-state index contributed by atoms with van der Waals surface area (Å²) in [4.78, 5) is 10.4. The SMILES string of the molecule is CSC1C=CC=CC1(F)C=O. The van der Waals surface area contributed by atoms with Crippen molar-refractivity contribution in [2.24, 2.45) is 0 Å². The number of hydrogen-bond acceptors (Lipinski definition) is 2. The van der Waals surface area contributed by atoms with Gasteiger partial charge >= 0.3 is 0 Å². The van der Waals surface area contributed by atoms with E-state index < -0.39 is 5.67 Å². The van der Waals surface area contributed by atoms with Gasteiger partial charge in [-0.2, -0.15) is 11.8 Å². The largest absolute Gasteiger partial charge is 0.299 e. The van der Waals surface area contributed by atoms with Crippen LogP contribution < -0.4 is 0 Å². The summed E-state index contributed by atoms with van der Waals surface area (Å²) in [5.74, 6) is 0. The number of carbonyl (C=O) groups excluding carboxylic acids is 1. The minimum Gasteiger partial charge on any atom is -0.299 e. The summed E-state index contributed by atoms with van der Waals surface area (Å²) in [5.41, 5.74) is -1.80. The van der Waals surface area contributed by atoms with E-state index in [1.165, 1.54) is 17.8 Å². The summed E-state index contributed by atoms with van der Waals surface area (Å²) in [5, 5.41) is -0.370. The Hall–Kier alpha value is -0.570. The van der Waals surface area contributed by atoms with Crippen molar-refractivity contribution in [3.63, 3.8) is 0 Å². The molecule has 60 valence electrons. The maximum Gasteiger partial charge on any atom is 0.199 e. The second kappa shape index (κ2) is 3.22. The quantitative estimate of drug-likeness (QED) is 0.590. The molecule has 1 nitrogen and oxygen atoms in total. The molecule has 0 aromatic rings. The second-order valence-corrected chi connectivity index (χ2v) is 3.32. The van der Waals surface area contributed by atoms with Gasteiger partial charge in [0.25, 0.3) is 0 Å². The molecule has 1 rings (SSSR count). The number of rotatable bonds is 2. The molecule has 0 radical (unpaired) electrons. The van der Waals surface area contributed by atoms with Gasteiger partial charge in [0.2, 0.25) is 0 Å². The number of carbonyl (C=O) groups is 1. The Labute approximate surface area is 69.4 Å².